The van der Waals surface area contributed by atoms with E-state index in [1.807, 2.05) is 6.07 Å². The van der Waals surface area contributed by atoms with Gasteiger partial charge in [-0.25, -0.2) is 0 Å². The Bertz CT molecular complexity index is 410. The van der Waals surface area contributed by atoms with Gasteiger partial charge in [-0.2, -0.15) is 0 Å². The highest BCUT2D eigenvalue weighted by molar-refractivity contribution is 14.0. The minimum atomic E-state index is 0. The van der Waals surface area contributed by atoms with E-state index in [0.717, 1.165) is 51.6 Å². The van der Waals surface area contributed by atoms with Crippen molar-refractivity contribution in [3.8, 4) is 0 Å². The summed E-state index contributed by atoms with van der Waals surface area (Å²) in [7, 11) is 0. The molecule has 132 valence electrons. The molecule has 0 radical (unpaired) electrons. The third-order valence-electron chi connectivity index (χ3n) is 3.09. The minimum absolute atomic E-state index is 0. The van der Waals surface area contributed by atoms with Crippen molar-refractivity contribution in [2.45, 2.75) is 33.6 Å². The van der Waals surface area contributed by atoms with Crippen LogP contribution in [0.4, 0.5) is 0 Å². The van der Waals surface area contributed by atoms with Gasteiger partial charge >= 0.3 is 0 Å². The van der Waals surface area contributed by atoms with Crippen LogP contribution in [0.3, 0.4) is 0 Å². The van der Waals surface area contributed by atoms with Crippen molar-refractivity contribution in [3.05, 3.63) is 35.9 Å². The van der Waals surface area contributed by atoms with Gasteiger partial charge in [0.1, 0.15) is 0 Å². The number of benzene rings is 1. The zero-order valence-electron chi connectivity index (χ0n) is 14.7. The summed E-state index contributed by atoms with van der Waals surface area (Å²) in [6.07, 6.45) is 1.97. The molecule has 0 aliphatic heterocycles. The highest BCUT2D eigenvalue weighted by atomic mass is 127. The Labute approximate surface area is 158 Å². The first-order chi connectivity index (χ1) is 10.7. The predicted molar refractivity (Wildman–Crippen MR) is 110 cm³/mol. The van der Waals surface area contributed by atoms with Crippen LogP contribution < -0.4 is 10.6 Å². The number of ether oxygens (including phenoxy) is 1. The number of nitrogens with zero attached hydrogens (tertiary/aromatic N) is 1. The van der Waals surface area contributed by atoms with Crippen molar-refractivity contribution in [2.75, 3.05) is 32.8 Å². The van der Waals surface area contributed by atoms with E-state index in [0.29, 0.717) is 5.92 Å². The molecule has 0 fully saturated rings. The molecule has 0 saturated carbocycles. The van der Waals surface area contributed by atoms with E-state index in [1.165, 1.54) is 5.56 Å². The first-order valence-electron chi connectivity index (χ1n) is 8.36. The Morgan fingerprint density at radius 1 is 1.13 bits per heavy atom. The van der Waals surface area contributed by atoms with Gasteiger partial charge in [0.15, 0.2) is 5.96 Å². The van der Waals surface area contributed by atoms with Crippen molar-refractivity contribution >= 4 is 29.9 Å². The van der Waals surface area contributed by atoms with Gasteiger partial charge in [0.05, 0.1) is 6.61 Å². The first-order valence-corrected chi connectivity index (χ1v) is 8.36. The van der Waals surface area contributed by atoms with Crippen molar-refractivity contribution in [1.29, 1.82) is 0 Å². The molecule has 23 heavy (non-hydrogen) atoms. The standard InChI is InChI=1S/C18H31N3O.HI/c1-4-19-18(21-15-16(2)3)20-12-8-13-22-14-11-17-9-6-5-7-10-17;/h5-7,9-10,16H,4,8,11-15H2,1-3H3,(H2,19,20,21);1H. The van der Waals surface area contributed by atoms with Gasteiger partial charge in [0.2, 0.25) is 0 Å². The van der Waals surface area contributed by atoms with E-state index < -0.39 is 0 Å². The molecule has 1 aromatic carbocycles. The van der Waals surface area contributed by atoms with Crippen LogP contribution in [0.2, 0.25) is 0 Å². The second-order valence-corrected chi connectivity index (χ2v) is 5.74. The normalized spacial score (nSPS) is 11.2. The maximum absolute atomic E-state index is 5.68. The summed E-state index contributed by atoms with van der Waals surface area (Å²) in [5, 5.41) is 6.60. The Morgan fingerprint density at radius 3 is 2.52 bits per heavy atom. The van der Waals surface area contributed by atoms with Crippen LogP contribution >= 0.6 is 24.0 Å². The molecule has 0 heterocycles. The molecule has 4 nitrogen and oxygen atoms in total. The zero-order chi connectivity index (χ0) is 16.0. The second-order valence-electron chi connectivity index (χ2n) is 5.74. The van der Waals surface area contributed by atoms with Crippen molar-refractivity contribution in [3.63, 3.8) is 0 Å². The summed E-state index contributed by atoms with van der Waals surface area (Å²) in [5.41, 5.74) is 1.33. The van der Waals surface area contributed by atoms with Crippen LogP contribution in [0.15, 0.2) is 35.3 Å². The molecule has 2 N–H and O–H groups in total. The van der Waals surface area contributed by atoms with Gasteiger partial charge < -0.3 is 15.4 Å². The molecular formula is C18H32IN3O. The molecule has 0 aliphatic carbocycles. The fraction of sp³-hybridized carbons (Fsp3) is 0.611. The van der Waals surface area contributed by atoms with Crippen molar-refractivity contribution < 1.29 is 4.74 Å². The maximum atomic E-state index is 5.68. The van der Waals surface area contributed by atoms with E-state index in [2.05, 4.69) is 60.7 Å². The van der Waals surface area contributed by atoms with Gasteiger partial charge in [-0.1, -0.05) is 44.2 Å². The lowest BCUT2D eigenvalue weighted by molar-refractivity contribution is 0.135. The molecule has 1 rings (SSSR count). The number of hydrogen-bond acceptors (Lipinski definition) is 2. The Kier molecular flexibility index (Phi) is 14.2. The van der Waals surface area contributed by atoms with Crippen LogP contribution in [0.5, 0.6) is 0 Å². The van der Waals surface area contributed by atoms with Crippen LogP contribution in [0, 0.1) is 5.92 Å². The topological polar surface area (TPSA) is 45.7 Å². The van der Waals surface area contributed by atoms with E-state index in [9.17, 15) is 0 Å². The SMILES string of the molecule is CCNC(=NCC(C)C)NCCCOCCc1ccccc1.I. The third kappa shape index (κ3) is 12.3. The van der Waals surface area contributed by atoms with Crippen LogP contribution in [-0.4, -0.2) is 38.8 Å². The average molecular weight is 433 g/mol. The molecule has 0 bridgehead atoms. The number of nitrogens with one attached hydrogen (secondary N) is 2. The quantitative estimate of drug-likeness (QED) is 0.257. The predicted octanol–water partition coefficient (Wildman–Crippen LogP) is 3.46. The van der Waals surface area contributed by atoms with Gasteiger partial charge in [-0.15, -0.1) is 24.0 Å². The summed E-state index contributed by atoms with van der Waals surface area (Å²) in [5.74, 6) is 1.48. The summed E-state index contributed by atoms with van der Waals surface area (Å²) >= 11 is 0. The number of rotatable bonds is 10. The number of aliphatic imine (C=N–C) groups is 1. The highest BCUT2D eigenvalue weighted by Gasteiger charge is 1.98. The monoisotopic (exact) mass is 433 g/mol. The number of halogens is 1. The molecule has 0 amide bonds. The third-order valence-corrected chi connectivity index (χ3v) is 3.09. The Hall–Kier alpha value is -0.820. The largest absolute Gasteiger partial charge is 0.381 e. The first kappa shape index (κ1) is 22.2. The van der Waals surface area contributed by atoms with Crippen molar-refractivity contribution in [2.24, 2.45) is 10.9 Å². The van der Waals surface area contributed by atoms with E-state index in [-0.39, 0.29) is 24.0 Å². The fourth-order valence-electron chi connectivity index (χ4n) is 1.93. The lowest BCUT2D eigenvalue weighted by atomic mass is 10.2. The average Bonchev–Trinajstić information content (AvgIpc) is 2.52. The van der Waals surface area contributed by atoms with E-state index in [4.69, 9.17) is 4.74 Å². The maximum Gasteiger partial charge on any atom is 0.191 e. The van der Waals surface area contributed by atoms with Crippen LogP contribution in [0.25, 0.3) is 0 Å². The summed E-state index contributed by atoms with van der Waals surface area (Å²) in [6, 6.07) is 10.5. The number of hydrogen-bond donors (Lipinski definition) is 2. The second kappa shape index (κ2) is 14.8. The van der Waals surface area contributed by atoms with E-state index >= 15 is 0 Å². The lowest BCUT2D eigenvalue weighted by Gasteiger charge is -2.12. The van der Waals surface area contributed by atoms with Crippen LogP contribution in [0.1, 0.15) is 32.8 Å². The number of guanidine groups is 1. The highest BCUT2D eigenvalue weighted by Crippen LogP contribution is 1.99. The van der Waals surface area contributed by atoms with Crippen molar-refractivity contribution in [1.82, 2.24) is 10.6 Å². The van der Waals surface area contributed by atoms with E-state index in [1.54, 1.807) is 0 Å². The summed E-state index contributed by atoms with van der Waals surface area (Å²) in [4.78, 5) is 4.54. The van der Waals surface area contributed by atoms with Gasteiger partial charge in [-0.05, 0) is 31.2 Å². The minimum Gasteiger partial charge on any atom is -0.381 e. The van der Waals surface area contributed by atoms with Gasteiger partial charge in [0.25, 0.3) is 0 Å². The molecule has 0 atom stereocenters. The molecule has 0 saturated heterocycles. The lowest BCUT2D eigenvalue weighted by Crippen LogP contribution is -2.38. The molecule has 0 spiro atoms. The van der Waals surface area contributed by atoms with Gasteiger partial charge in [-0.3, -0.25) is 4.99 Å². The molecular weight excluding hydrogens is 401 g/mol. The summed E-state index contributed by atoms with van der Waals surface area (Å²) in [6.45, 7) is 10.6. The molecule has 1 aromatic rings. The molecule has 0 aliphatic rings. The molecule has 0 unspecified atom stereocenters. The fourth-order valence-corrected chi connectivity index (χ4v) is 1.93. The Balaban J connectivity index is 0.00000484. The molecule has 0 aromatic heterocycles. The smallest absolute Gasteiger partial charge is 0.191 e. The Morgan fingerprint density at radius 2 is 1.87 bits per heavy atom. The van der Waals surface area contributed by atoms with Crippen LogP contribution in [-0.2, 0) is 11.2 Å². The summed E-state index contributed by atoms with van der Waals surface area (Å²) < 4.78 is 5.68. The zero-order valence-corrected chi connectivity index (χ0v) is 17.0. The molecule has 5 heteroatoms. The van der Waals surface area contributed by atoms with Gasteiger partial charge in [0, 0.05) is 26.2 Å².